The van der Waals surface area contributed by atoms with Crippen molar-refractivity contribution in [2.75, 3.05) is 10.6 Å². The van der Waals surface area contributed by atoms with Crippen LogP contribution >= 0.6 is 0 Å². The van der Waals surface area contributed by atoms with Crippen LogP contribution in [0.3, 0.4) is 0 Å². The van der Waals surface area contributed by atoms with E-state index in [1.54, 1.807) is 12.1 Å². The molecular weight excluding hydrogens is 379 g/mol. The molecule has 1 aromatic heterocycles. The molecule has 1 heterocycles. The molecule has 2 aromatic carbocycles. The first-order valence-electron chi connectivity index (χ1n) is 10.0. The highest BCUT2D eigenvalue weighted by Gasteiger charge is 2.35. The van der Waals surface area contributed by atoms with E-state index in [0.717, 1.165) is 16.9 Å². The molecule has 1 aliphatic rings. The van der Waals surface area contributed by atoms with Crippen LogP contribution < -0.4 is 10.6 Å². The number of aromatic nitrogens is 2. The Balaban J connectivity index is 1.77. The minimum absolute atomic E-state index is 0.0425. The van der Waals surface area contributed by atoms with Crippen molar-refractivity contribution in [2.45, 2.75) is 40.5 Å². The average molecular weight is 404 g/mol. The summed E-state index contributed by atoms with van der Waals surface area (Å²) < 4.78 is 13.2. The maximum absolute atomic E-state index is 13.2. The van der Waals surface area contributed by atoms with Gasteiger partial charge < -0.3 is 10.6 Å². The number of halogens is 1. The van der Waals surface area contributed by atoms with Crippen LogP contribution in [0.1, 0.15) is 47.4 Å². The number of fused-ring (bicyclic) bond motifs is 1. The summed E-state index contributed by atoms with van der Waals surface area (Å²) in [5.41, 5.74) is 5.00. The normalized spacial score (nSPS) is 14.9. The molecule has 0 spiro atoms. The van der Waals surface area contributed by atoms with Gasteiger partial charge in [-0.1, -0.05) is 19.9 Å². The lowest BCUT2D eigenvalue weighted by molar-refractivity contribution is 0.0911. The van der Waals surface area contributed by atoms with Gasteiger partial charge in [-0.25, -0.2) is 9.37 Å². The number of anilines is 4. The number of hydrogen-bond acceptors (Lipinski definition) is 5. The van der Waals surface area contributed by atoms with Crippen LogP contribution in [-0.4, -0.2) is 15.8 Å². The number of Topliss-reactive ketones (excluding diaryl/α,β-unsaturated/α-hetero) is 1. The number of carbonyl (C=O) groups is 1. The van der Waals surface area contributed by atoms with Crippen LogP contribution in [0.25, 0.3) is 0 Å². The zero-order valence-corrected chi connectivity index (χ0v) is 17.6. The third kappa shape index (κ3) is 4.17. The Morgan fingerprint density at radius 1 is 0.900 bits per heavy atom. The zero-order valence-electron chi connectivity index (χ0n) is 17.6. The number of carbonyl (C=O) groups excluding carboxylic acids is 1. The Morgan fingerprint density at radius 3 is 2.30 bits per heavy atom. The van der Waals surface area contributed by atoms with Crippen LogP contribution in [0.15, 0.2) is 42.5 Å². The second-order valence-electron chi connectivity index (χ2n) is 8.71. The molecule has 0 unspecified atom stereocenters. The van der Waals surface area contributed by atoms with Gasteiger partial charge in [0.25, 0.3) is 0 Å². The third-order valence-corrected chi connectivity index (χ3v) is 5.42. The molecule has 0 saturated heterocycles. The summed E-state index contributed by atoms with van der Waals surface area (Å²) in [6.45, 7) is 8.24. The molecule has 154 valence electrons. The second-order valence-corrected chi connectivity index (χ2v) is 8.71. The molecule has 5 nitrogen and oxygen atoms in total. The third-order valence-electron chi connectivity index (χ3n) is 5.42. The lowest BCUT2D eigenvalue weighted by Gasteiger charge is -2.30. The molecule has 1 aliphatic carbocycles. The molecule has 30 heavy (non-hydrogen) atoms. The molecule has 3 aromatic rings. The fourth-order valence-corrected chi connectivity index (χ4v) is 3.73. The van der Waals surface area contributed by atoms with Gasteiger partial charge in [-0.05, 0) is 73.2 Å². The highest BCUT2D eigenvalue weighted by molar-refractivity contribution is 6.03. The predicted molar refractivity (Wildman–Crippen MR) is 117 cm³/mol. The van der Waals surface area contributed by atoms with E-state index in [-0.39, 0.29) is 17.0 Å². The van der Waals surface area contributed by atoms with Crippen LogP contribution in [0.2, 0.25) is 0 Å². The van der Waals surface area contributed by atoms with Crippen LogP contribution in [0, 0.1) is 25.1 Å². The quantitative estimate of drug-likeness (QED) is 0.569. The van der Waals surface area contributed by atoms with Crippen molar-refractivity contribution in [1.82, 2.24) is 9.97 Å². The van der Waals surface area contributed by atoms with Crippen molar-refractivity contribution in [3.8, 4) is 0 Å². The molecule has 0 fully saturated rings. The van der Waals surface area contributed by atoms with Crippen LogP contribution in [0.5, 0.6) is 0 Å². The van der Waals surface area contributed by atoms with E-state index >= 15 is 0 Å². The average Bonchev–Trinajstić information content (AvgIpc) is 2.65. The van der Waals surface area contributed by atoms with E-state index in [9.17, 15) is 9.18 Å². The molecular formula is C24H25FN4O. The first-order valence-corrected chi connectivity index (χ1v) is 10.0. The molecule has 0 atom stereocenters. The van der Waals surface area contributed by atoms with Crippen LogP contribution in [-0.2, 0) is 6.42 Å². The van der Waals surface area contributed by atoms with Crippen molar-refractivity contribution < 1.29 is 9.18 Å². The first-order chi connectivity index (χ1) is 14.2. The summed E-state index contributed by atoms with van der Waals surface area (Å²) in [6, 6.07) is 12.1. The highest BCUT2D eigenvalue weighted by atomic mass is 19.1. The fourth-order valence-electron chi connectivity index (χ4n) is 3.73. The molecule has 0 bridgehead atoms. The van der Waals surface area contributed by atoms with E-state index in [2.05, 4.69) is 41.4 Å². The van der Waals surface area contributed by atoms with Gasteiger partial charge in [0.05, 0.1) is 11.3 Å². The van der Waals surface area contributed by atoms with Gasteiger partial charge in [0.1, 0.15) is 11.6 Å². The number of ketones is 1. The Hall–Kier alpha value is -3.28. The molecule has 0 saturated carbocycles. The van der Waals surface area contributed by atoms with E-state index in [4.69, 9.17) is 0 Å². The summed E-state index contributed by atoms with van der Waals surface area (Å²) in [7, 11) is 0. The number of nitrogens with one attached hydrogen (secondary N) is 2. The highest BCUT2D eigenvalue weighted by Crippen LogP contribution is 2.38. The van der Waals surface area contributed by atoms with Crippen molar-refractivity contribution >= 4 is 28.9 Å². The van der Waals surface area contributed by atoms with E-state index in [0.29, 0.717) is 35.9 Å². The summed E-state index contributed by atoms with van der Waals surface area (Å²) in [5, 5.41) is 6.45. The molecule has 0 aliphatic heterocycles. The number of nitrogens with zero attached hydrogens (tertiary/aromatic N) is 2. The number of hydrogen-bond donors (Lipinski definition) is 2. The van der Waals surface area contributed by atoms with Gasteiger partial charge in [-0.15, -0.1) is 0 Å². The SMILES string of the molecule is Cc1ccc(Nc2nc(Nc3ccc(F)cc3)nc3c2C(=O)CC(C)(C)C3)cc1C. The minimum atomic E-state index is -0.309. The Kier molecular flexibility index (Phi) is 5.02. The van der Waals surface area contributed by atoms with Crippen molar-refractivity contribution in [1.29, 1.82) is 0 Å². The number of aryl methyl sites for hydroxylation is 2. The van der Waals surface area contributed by atoms with E-state index < -0.39 is 0 Å². The predicted octanol–water partition coefficient (Wildman–Crippen LogP) is 5.87. The minimum Gasteiger partial charge on any atom is -0.339 e. The van der Waals surface area contributed by atoms with E-state index in [1.165, 1.54) is 17.7 Å². The molecule has 0 radical (unpaired) electrons. The van der Waals surface area contributed by atoms with Gasteiger partial charge in [0, 0.05) is 17.8 Å². The summed E-state index contributed by atoms with van der Waals surface area (Å²) >= 11 is 0. The second kappa shape index (κ2) is 7.52. The number of rotatable bonds is 4. The summed E-state index contributed by atoms with van der Waals surface area (Å²) in [5.74, 6) is 0.600. The van der Waals surface area contributed by atoms with Crippen molar-refractivity contribution in [3.05, 3.63) is 70.7 Å². The molecule has 0 amide bonds. The Labute approximate surface area is 175 Å². The van der Waals surface area contributed by atoms with Gasteiger partial charge >= 0.3 is 0 Å². The standard InChI is InChI=1S/C24H25FN4O/c1-14-5-8-18(11-15(14)2)26-22-21-19(12-24(3,4)13-20(21)30)28-23(29-22)27-17-9-6-16(25)7-10-17/h5-11H,12-13H2,1-4H3,(H2,26,27,28,29). The van der Waals surface area contributed by atoms with E-state index in [1.807, 2.05) is 25.1 Å². The Morgan fingerprint density at radius 2 is 1.60 bits per heavy atom. The van der Waals surface area contributed by atoms with Gasteiger partial charge in [-0.3, -0.25) is 4.79 Å². The maximum atomic E-state index is 13.2. The monoisotopic (exact) mass is 404 g/mol. The van der Waals surface area contributed by atoms with Crippen molar-refractivity contribution in [2.24, 2.45) is 5.41 Å². The summed E-state index contributed by atoms with van der Waals surface area (Å²) in [6.07, 6.45) is 1.13. The first kappa shape index (κ1) is 20.0. The zero-order chi connectivity index (χ0) is 21.5. The molecule has 6 heteroatoms. The lowest BCUT2D eigenvalue weighted by Crippen LogP contribution is -2.29. The van der Waals surface area contributed by atoms with Gasteiger partial charge in [0.15, 0.2) is 5.78 Å². The molecule has 4 rings (SSSR count). The van der Waals surface area contributed by atoms with Crippen molar-refractivity contribution in [3.63, 3.8) is 0 Å². The van der Waals surface area contributed by atoms with Gasteiger partial charge in [-0.2, -0.15) is 4.98 Å². The lowest BCUT2D eigenvalue weighted by atomic mass is 9.75. The maximum Gasteiger partial charge on any atom is 0.229 e. The topological polar surface area (TPSA) is 66.9 Å². The van der Waals surface area contributed by atoms with Crippen LogP contribution in [0.4, 0.5) is 27.5 Å². The fraction of sp³-hybridized carbons (Fsp3) is 0.292. The smallest absolute Gasteiger partial charge is 0.229 e. The number of benzene rings is 2. The Bertz CT molecular complexity index is 1120. The largest absolute Gasteiger partial charge is 0.339 e. The van der Waals surface area contributed by atoms with Gasteiger partial charge in [0.2, 0.25) is 5.95 Å². The molecule has 2 N–H and O–H groups in total. The summed E-state index contributed by atoms with van der Waals surface area (Å²) in [4.78, 5) is 22.2.